The van der Waals surface area contributed by atoms with E-state index in [1.165, 1.54) is 11.1 Å². The van der Waals surface area contributed by atoms with Gasteiger partial charge in [0.1, 0.15) is 5.78 Å². The van der Waals surface area contributed by atoms with Crippen molar-refractivity contribution >= 4 is 5.78 Å². The third-order valence-corrected chi connectivity index (χ3v) is 3.92. The van der Waals surface area contributed by atoms with Crippen molar-refractivity contribution in [2.24, 2.45) is 5.73 Å². The van der Waals surface area contributed by atoms with Gasteiger partial charge in [-0.3, -0.25) is 4.79 Å². The van der Waals surface area contributed by atoms with Gasteiger partial charge in [0.25, 0.3) is 0 Å². The highest BCUT2D eigenvalue weighted by molar-refractivity contribution is 5.79. The Morgan fingerprint density at radius 1 is 1.20 bits per heavy atom. The molecule has 1 aliphatic rings. The van der Waals surface area contributed by atoms with Gasteiger partial charge in [-0.1, -0.05) is 37.1 Å². The fraction of sp³-hybridized carbons (Fsp3) is 0.588. The predicted octanol–water partition coefficient (Wildman–Crippen LogP) is 3.17. The van der Waals surface area contributed by atoms with Gasteiger partial charge in [-0.05, 0) is 36.9 Å². The summed E-state index contributed by atoms with van der Waals surface area (Å²) >= 11 is 0. The molecule has 20 heavy (non-hydrogen) atoms. The molecule has 0 bridgehead atoms. The Hall–Kier alpha value is -1.19. The van der Waals surface area contributed by atoms with Crippen molar-refractivity contribution < 1.29 is 9.53 Å². The monoisotopic (exact) mass is 275 g/mol. The zero-order valence-electron chi connectivity index (χ0n) is 12.1. The molecule has 0 aromatic heterocycles. The molecule has 0 fully saturated rings. The zero-order chi connectivity index (χ0) is 14.2. The third-order valence-electron chi connectivity index (χ3n) is 3.92. The molecule has 3 heteroatoms. The van der Waals surface area contributed by atoms with Crippen LogP contribution in [0.3, 0.4) is 0 Å². The van der Waals surface area contributed by atoms with Crippen molar-refractivity contribution in [1.29, 1.82) is 0 Å². The van der Waals surface area contributed by atoms with Crippen LogP contribution in [0.1, 0.15) is 55.8 Å². The number of benzene rings is 1. The minimum atomic E-state index is -0.0310. The number of hydrogen-bond donors (Lipinski definition) is 1. The van der Waals surface area contributed by atoms with Crippen LogP contribution in [0, 0.1) is 0 Å². The van der Waals surface area contributed by atoms with Gasteiger partial charge in [-0.25, -0.2) is 0 Å². The molecule has 0 radical (unpaired) electrons. The standard InChI is InChI=1S/C17H25NO2/c18-11-6-2-1-3-8-15(19)13-17-16-9-5-4-7-14(16)10-12-20-17/h4-5,7,9,17H,1-3,6,8,10-13,18H2. The quantitative estimate of drug-likeness (QED) is 0.741. The van der Waals surface area contributed by atoms with E-state index in [1.54, 1.807) is 0 Å². The van der Waals surface area contributed by atoms with Crippen molar-refractivity contribution in [3.63, 3.8) is 0 Å². The number of rotatable bonds is 8. The van der Waals surface area contributed by atoms with Crippen LogP contribution in [0.15, 0.2) is 24.3 Å². The fourth-order valence-corrected chi connectivity index (χ4v) is 2.77. The number of nitrogens with two attached hydrogens (primary N) is 1. The minimum Gasteiger partial charge on any atom is -0.373 e. The van der Waals surface area contributed by atoms with E-state index in [0.29, 0.717) is 18.6 Å². The van der Waals surface area contributed by atoms with E-state index < -0.39 is 0 Å². The van der Waals surface area contributed by atoms with E-state index >= 15 is 0 Å². The summed E-state index contributed by atoms with van der Waals surface area (Å²) in [4.78, 5) is 12.0. The smallest absolute Gasteiger partial charge is 0.135 e. The lowest BCUT2D eigenvalue weighted by Gasteiger charge is -2.25. The van der Waals surface area contributed by atoms with E-state index in [9.17, 15) is 4.79 Å². The molecule has 2 rings (SSSR count). The normalized spacial score (nSPS) is 17.8. The largest absolute Gasteiger partial charge is 0.373 e. The van der Waals surface area contributed by atoms with Gasteiger partial charge >= 0.3 is 0 Å². The molecule has 1 aromatic rings. The Bertz CT molecular complexity index is 431. The molecule has 3 nitrogen and oxygen atoms in total. The van der Waals surface area contributed by atoms with Crippen LogP contribution in [0.4, 0.5) is 0 Å². The number of ether oxygens (including phenoxy) is 1. The van der Waals surface area contributed by atoms with E-state index in [-0.39, 0.29) is 6.10 Å². The SMILES string of the molecule is NCCCCCCC(=O)CC1OCCc2ccccc21. The van der Waals surface area contributed by atoms with Crippen LogP contribution < -0.4 is 5.73 Å². The lowest BCUT2D eigenvalue weighted by Crippen LogP contribution is -2.19. The second-order valence-corrected chi connectivity index (χ2v) is 5.50. The molecule has 1 heterocycles. The zero-order valence-corrected chi connectivity index (χ0v) is 12.1. The first-order chi connectivity index (χ1) is 9.81. The maximum atomic E-state index is 12.0. The van der Waals surface area contributed by atoms with Gasteiger partial charge in [-0.2, -0.15) is 0 Å². The van der Waals surface area contributed by atoms with Gasteiger partial charge in [0, 0.05) is 12.8 Å². The summed E-state index contributed by atoms with van der Waals surface area (Å²) in [5.74, 6) is 0.319. The molecule has 110 valence electrons. The average Bonchev–Trinajstić information content (AvgIpc) is 2.47. The molecule has 2 N–H and O–H groups in total. The highest BCUT2D eigenvalue weighted by atomic mass is 16.5. The Morgan fingerprint density at radius 2 is 2.00 bits per heavy atom. The van der Waals surface area contributed by atoms with Crippen molar-refractivity contribution in [3.8, 4) is 0 Å². The number of Topliss-reactive ketones (excluding diaryl/α,β-unsaturated/α-hetero) is 1. The molecule has 0 saturated heterocycles. The second kappa shape index (κ2) is 8.18. The Labute approximate surface area is 121 Å². The van der Waals surface area contributed by atoms with E-state index in [4.69, 9.17) is 10.5 Å². The summed E-state index contributed by atoms with van der Waals surface area (Å²) in [5, 5.41) is 0. The molecule has 0 aliphatic carbocycles. The Balaban J connectivity index is 1.78. The average molecular weight is 275 g/mol. The molecule has 1 atom stereocenters. The number of carbonyl (C=O) groups excluding carboxylic acids is 1. The molecule has 1 aromatic carbocycles. The Morgan fingerprint density at radius 3 is 2.85 bits per heavy atom. The van der Waals surface area contributed by atoms with Gasteiger partial charge in [0.15, 0.2) is 0 Å². The molecule has 0 spiro atoms. The molecule has 0 amide bonds. The van der Waals surface area contributed by atoms with Crippen LogP contribution in [-0.2, 0) is 16.0 Å². The number of ketones is 1. The van der Waals surface area contributed by atoms with Crippen LogP contribution >= 0.6 is 0 Å². The second-order valence-electron chi connectivity index (χ2n) is 5.50. The van der Waals surface area contributed by atoms with E-state index in [2.05, 4.69) is 18.2 Å². The van der Waals surface area contributed by atoms with Crippen molar-refractivity contribution in [1.82, 2.24) is 0 Å². The van der Waals surface area contributed by atoms with Crippen LogP contribution in [0.2, 0.25) is 0 Å². The molecule has 0 saturated carbocycles. The van der Waals surface area contributed by atoms with E-state index in [1.807, 2.05) is 6.07 Å². The summed E-state index contributed by atoms with van der Waals surface area (Å²) in [6, 6.07) is 8.31. The lowest BCUT2D eigenvalue weighted by atomic mass is 9.93. The molecular formula is C17H25NO2. The summed E-state index contributed by atoms with van der Waals surface area (Å²) in [6.45, 7) is 1.48. The summed E-state index contributed by atoms with van der Waals surface area (Å²) < 4.78 is 5.78. The summed E-state index contributed by atoms with van der Waals surface area (Å²) in [6.07, 6.45) is 6.40. The first-order valence-corrected chi connectivity index (χ1v) is 7.72. The minimum absolute atomic E-state index is 0.0310. The summed E-state index contributed by atoms with van der Waals surface area (Å²) in [5.41, 5.74) is 7.99. The first kappa shape index (κ1) is 15.2. The predicted molar refractivity (Wildman–Crippen MR) is 80.6 cm³/mol. The number of unbranched alkanes of at least 4 members (excludes halogenated alkanes) is 3. The maximum Gasteiger partial charge on any atom is 0.135 e. The van der Waals surface area contributed by atoms with E-state index in [0.717, 1.165) is 45.3 Å². The summed E-state index contributed by atoms with van der Waals surface area (Å²) in [7, 11) is 0. The lowest BCUT2D eigenvalue weighted by molar-refractivity contribution is -0.122. The van der Waals surface area contributed by atoms with Gasteiger partial charge < -0.3 is 10.5 Å². The third kappa shape index (κ3) is 4.43. The Kier molecular flexibility index (Phi) is 6.22. The number of hydrogen-bond acceptors (Lipinski definition) is 3. The van der Waals surface area contributed by atoms with Crippen molar-refractivity contribution in [2.45, 2.75) is 51.0 Å². The van der Waals surface area contributed by atoms with Crippen LogP contribution in [0.5, 0.6) is 0 Å². The highest BCUT2D eigenvalue weighted by Gasteiger charge is 2.22. The van der Waals surface area contributed by atoms with Gasteiger partial charge in [0.05, 0.1) is 12.7 Å². The van der Waals surface area contributed by atoms with Gasteiger partial charge in [-0.15, -0.1) is 0 Å². The molecule has 1 unspecified atom stereocenters. The maximum absolute atomic E-state index is 12.0. The number of fused-ring (bicyclic) bond motifs is 1. The van der Waals surface area contributed by atoms with Crippen LogP contribution in [0.25, 0.3) is 0 Å². The van der Waals surface area contributed by atoms with Gasteiger partial charge in [0.2, 0.25) is 0 Å². The first-order valence-electron chi connectivity index (χ1n) is 7.72. The van der Waals surface area contributed by atoms with Crippen molar-refractivity contribution in [2.75, 3.05) is 13.2 Å². The number of carbonyl (C=O) groups is 1. The fourth-order valence-electron chi connectivity index (χ4n) is 2.77. The molecular weight excluding hydrogens is 250 g/mol. The topological polar surface area (TPSA) is 52.3 Å². The molecule has 1 aliphatic heterocycles. The highest BCUT2D eigenvalue weighted by Crippen LogP contribution is 2.30. The van der Waals surface area contributed by atoms with Crippen LogP contribution in [-0.4, -0.2) is 18.9 Å². The van der Waals surface area contributed by atoms with Crippen molar-refractivity contribution in [3.05, 3.63) is 35.4 Å².